The number of hydrogen-bond donors (Lipinski definition) is 1. The molecule has 4 nitrogen and oxygen atoms in total. The van der Waals surface area contributed by atoms with E-state index in [1.54, 1.807) is 6.07 Å². The maximum absolute atomic E-state index is 6.27. The lowest BCUT2D eigenvalue weighted by Gasteiger charge is -2.13. The second-order valence-electron chi connectivity index (χ2n) is 5.16. The van der Waals surface area contributed by atoms with Crippen molar-refractivity contribution >= 4 is 23.2 Å². The Hall–Kier alpha value is -1.07. The largest absolute Gasteiger partial charge is 0.376 e. The number of imidazole rings is 1. The molecular formula is C15H17Cl2N3O. The van der Waals surface area contributed by atoms with E-state index in [1.807, 2.05) is 18.5 Å². The fourth-order valence-electron chi connectivity index (χ4n) is 2.69. The molecule has 2 heterocycles. The fraction of sp³-hybridized carbons (Fsp3) is 0.400. The van der Waals surface area contributed by atoms with Crippen LogP contribution in [0, 0.1) is 0 Å². The minimum Gasteiger partial charge on any atom is -0.376 e. The van der Waals surface area contributed by atoms with Gasteiger partial charge in [0.05, 0.1) is 35.4 Å². The Balaban J connectivity index is 1.93. The molecule has 1 aromatic carbocycles. The average molecular weight is 326 g/mol. The molecule has 3 rings (SSSR count). The van der Waals surface area contributed by atoms with Crippen molar-refractivity contribution < 1.29 is 4.74 Å². The van der Waals surface area contributed by atoms with Crippen molar-refractivity contribution in [2.45, 2.75) is 32.0 Å². The molecular weight excluding hydrogens is 309 g/mol. The number of rotatable bonds is 4. The summed E-state index contributed by atoms with van der Waals surface area (Å²) in [5, 5.41) is 1.19. The SMILES string of the molecule is NCc1c(-c2ccc(Cl)cc2Cl)ncn1CC1CCCO1. The van der Waals surface area contributed by atoms with Crippen molar-refractivity contribution in [3.8, 4) is 11.3 Å². The van der Waals surface area contributed by atoms with E-state index in [-0.39, 0.29) is 6.10 Å². The highest BCUT2D eigenvalue weighted by Crippen LogP contribution is 2.31. The second kappa shape index (κ2) is 6.36. The summed E-state index contributed by atoms with van der Waals surface area (Å²) in [7, 11) is 0. The standard InChI is InChI=1S/C15H17Cl2N3O/c16-10-3-4-12(13(17)6-10)15-14(7-18)20(9-19-15)8-11-2-1-5-21-11/h3-4,6,9,11H,1-2,5,7-8,18H2. The molecule has 1 aromatic heterocycles. The predicted octanol–water partition coefficient (Wildman–Crippen LogP) is 3.49. The highest BCUT2D eigenvalue weighted by Gasteiger charge is 2.20. The van der Waals surface area contributed by atoms with Crippen molar-refractivity contribution in [1.29, 1.82) is 0 Å². The van der Waals surface area contributed by atoms with E-state index < -0.39 is 0 Å². The summed E-state index contributed by atoms with van der Waals surface area (Å²) in [5.41, 5.74) is 8.56. The van der Waals surface area contributed by atoms with Gasteiger partial charge in [-0.2, -0.15) is 0 Å². The van der Waals surface area contributed by atoms with Crippen LogP contribution in [-0.2, 0) is 17.8 Å². The number of aromatic nitrogens is 2. The maximum Gasteiger partial charge on any atom is 0.0957 e. The molecule has 1 aliphatic rings. The summed E-state index contributed by atoms with van der Waals surface area (Å²) in [4.78, 5) is 4.49. The average Bonchev–Trinajstić information content (AvgIpc) is 3.09. The first kappa shape index (κ1) is 14.9. The lowest BCUT2D eigenvalue weighted by Crippen LogP contribution is -2.17. The Kier molecular flexibility index (Phi) is 4.50. The summed E-state index contributed by atoms with van der Waals surface area (Å²) in [6, 6.07) is 5.41. The molecule has 6 heteroatoms. The van der Waals surface area contributed by atoms with Gasteiger partial charge in [0.2, 0.25) is 0 Å². The fourth-order valence-corrected chi connectivity index (χ4v) is 3.19. The van der Waals surface area contributed by atoms with Gasteiger partial charge in [0, 0.05) is 23.7 Å². The van der Waals surface area contributed by atoms with Crippen LogP contribution in [0.3, 0.4) is 0 Å². The first-order chi connectivity index (χ1) is 10.2. The number of halogens is 2. The van der Waals surface area contributed by atoms with E-state index >= 15 is 0 Å². The van der Waals surface area contributed by atoms with Gasteiger partial charge in [0.25, 0.3) is 0 Å². The molecule has 0 bridgehead atoms. The van der Waals surface area contributed by atoms with Gasteiger partial charge in [-0.05, 0) is 31.0 Å². The number of ether oxygens (including phenoxy) is 1. The van der Waals surface area contributed by atoms with Crippen LogP contribution >= 0.6 is 23.2 Å². The van der Waals surface area contributed by atoms with Crippen LogP contribution in [0.4, 0.5) is 0 Å². The van der Waals surface area contributed by atoms with Crippen molar-refractivity contribution in [2.75, 3.05) is 6.61 Å². The van der Waals surface area contributed by atoms with Gasteiger partial charge in [-0.15, -0.1) is 0 Å². The van der Waals surface area contributed by atoms with Crippen molar-refractivity contribution in [3.63, 3.8) is 0 Å². The second-order valence-corrected chi connectivity index (χ2v) is 6.00. The lowest BCUT2D eigenvalue weighted by atomic mass is 10.1. The van der Waals surface area contributed by atoms with Crippen LogP contribution in [0.2, 0.25) is 10.0 Å². The van der Waals surface area contributed by atoms with Crippen LogP contribution in [0.5, 0.6) is 0 Å². The molecule has 0 amide bonds. The lowest BCUT2D eigenvalue weighted by molar-refractivity contribution is 0.0964. The predicted molar refractivity (Wildman–Crippen MR) is 84.5 cm³/mol. The first-order valence-corrected chi connectivity index (χ1v) is 7.75. The zero-order valence-electron chi connectivity index (χ0n) is 11.6. The molecule has 1 unspecified atom stereocenters. The summed E-state index contributed by atoms with van der Waals surface area (Å²) in [6.45, 7) is 2.03. The van der Waals surface area contributed by atoms with Gasteiger partial charge in [-0.25, -0.2) is 4.98 Å². The molecule has 0 radical (unpaired) electrons. The maximum atomic E-state index is 6.27. The van der Waals surface area contributed by atoms with E-state index in [1.165, 1.54) is 0 Å². The van der Waals surface area contributed by atoms with Crippen LogP contribution in [0.15, 0.2) is 24.5 Å². The highest BCUT2D eigenvalue weighted by atomic mass is 35.5. The van der Waals surface area contributed by atoms with Crippen LogP contribution in [0.1, 0.15) is 18.5 Å². The van der Waals surface area contributed by atoms with Crippen molar-refractivity contribution in [1.82, 2.24) is 9.55 Å². The van der Waals surface area contributed by atoms with Gasteiger partial charge in [0.15, 0.2) is 0 Å². The van der Waals surface area contributed by atoms with Crippen molar-refractivity contribution in [3.05, 3.63) is 40.3 Å². The van der Waals surface area contributed by atoms with E-state index in [4.69, 9.17) is 33.7 Å². The zero-order chi connectivity index (χ0) is 14.8. The van der Waals surface area contributed by atoms with Crippen LogP contribution < -0.4 is 5.73 Å². The molecule has 2 N–H and O–H groups in total. The van der Waals surface area contributed by atoms with Gasteiger partial charge >= 0.3 is 0 Å². The van der Waals surface area contributed by atoms with Crippen molar-refractivity contribution in [2.24, 2.45) is 5.73 Å². The van der Waals surface area contributed by atoms with Gasteiger partial charge in [0.1, 0.15) is 0 Å². The van der Waals surface area contributed by atoms with E-state index in [2.05, 4.69) is 9.55 Å². The summed E-state index contributed by atoms with van der Waals surface area (Å²) in [5.74, 6) is 0. The summed E-state index contributed by atoms with van der Waals surface area (Å²) in [6.07, 6.45) is 4.26. The van der Waals surface area contributed by atoms with Gasteiger partial charge < -0.3 is 15.0 Å². The molecule has 1 atom stereocenters. The molecule has 1 aliphatic heterocycles. The Bertz CT molecular complexity index is 636. The van der Waals surface area contributed by atoms with Gasteiger partial charge in [-0.1, -0.05) is 23.2 Å². The van der Waals surface area contributed by atoms with Gasteiger partial charge in [-0.3, -0.25) is 0 Å². The third kappa shape index (κ3) is 3.09. The van der Waals surface area contributed by atoms with E-state index in [0.29, 0.717) is 16.6 Å². The molecule has 0 spiro atoms. The first-order valence-electron chi connectivity index (χ1n) is 7.00. The molecule has 2 aromatic rings. The molecule has 1 fully saturated rings. The Labute approximate surface area is 133 Å². The smallest absolute Gasteiger partial charge is 0.0957 e. The number of benzene rings is 1. The Morgan fingerprint density at radius 1 is 1.38 bits per heavy atom. The Morgan fingerprint density at radius 2 is 2.24 bits per heavy atom. The molecule has 112 valence electrons. The molecule has 0 saturated carbocycles. The minimum atomic E-state index is 0.248. The van der Waals surface area contributed by atoms with Crippen LogP contribution in [0.25, 0.3) is 11.3 Å². The summed E-state index contributed by atoms with van der Waals surface area (Å²) >= 11 is 12.2. The van der Waals surface area contributed by atoms with E-state index in [0.717, 1.165) is 42.9 Å². The number of hydrogen-bond acceptors (Lipinski definition) is 3. The third-order valence-electron chi connectivity index (χ3n) is 3.75. The normalized spacial score (nSPS) is 18.3. The topological polar surface area (TPSA) is 53.1 Å². The molecule has 1 saturated heterocycles. The number of nitrogens with zero attached hydrogens (tertiary/aromatic N) is 2. The molecule has 0 aliphatic carbocycles. The van der Waals surface area contributed by atoms with Crippen LogP contribution in [-0.4, -0.2) is 22.3 Å². The Morgan fingerprint density at radius 3 is 2.90 bits per heavy atom. The zero-order valence-corrected chi connectivity index (χ0v) is 13.1. The monoisotopic (exact) mass is 325 g/mol. The van der Waals surface area contributed by atoms with E-state index in [9.17, 15) is 0 Å². The highest BCUT2D eigenvalue weighted by molar-refractivity contribution is 6.36. The number of nitrogens with two attached hydrogens (primary N) is 1. The minimum absolute atomic E-state index is 0.248. The molecule has 21 heavy (non-hydrogen) atoms. The third-order valence-corrected chi connectivity index (χ3v) is 4.30. The quantitative estimate of drug-likeness (QED) is 0.936. The summed E-state index contributed by atoms with van der Waals surface area (Å²) < 4.78 is 7.74.